The molecule has 1 aliphatic rings. The van der Waals surface area contributed by atoms with E-state index in [9.17, 15) is 10.2 Å². The van der Waals surface area contributed by atoms with Crippen molar-refractivity contribution in [3.63, 3.8) is 0 Å². The fourth-order valence-corrected chi connectivity index (χ4v) is 1.77. The lowest BCUT2D eigenvalue weighted by molar-refractivity contribution is 0.143. The van der Waals surface area contributed by atoms with E-state index in [2.05, 4.69) is 5.32 Å². The maximum absolute atomic E-state index is 10.00. The molecule has 100 valence electrons. The molecule has 2 atom stereocenters. The van der Waals surface area contributed by atoms with Gasteiger partial charge in [0.05, 0.1) is 12.2 Å². The van der Waals surface area contributed by atoms with Crippen LogP contribution in [0.4, 0.5) is 0 Å². The maximum atomic E-state index is 10.00. The summed E-state index contributed by atoms with van der Waals surface area (Å²) in [5.74, 6) is 1.38. The number of aliphatic hydroxyl groups excluding tert-OH is 2. The van der Waals surface area contributed by atoms with Crippen LogP contribution in [0.2, 0.25) is 0 Å². The summed E-state index contributed by atoms with van der Waals surface area (Å²) in [6.07, 6.45) is -0.287. The average Bonchev–Trinajstić information content (AvgIpc) is 2.85. The van der Waals surface area contributed by atoms with E-state index >= 15 is 0 Å². The molecule has 0 radical (unpaired) electrons. The van der Waals surface area contributed by atoms with Crippen LogP contribution >= 0.6 is 0 Å². The fraction of sp³-hybridized carbons (Fsp3) is 0.538. The van der Waals surface area contributed by atoms with Gasteiger partial charge in [0, 0.05) is 13.1 Å². The van der Waals surface area contributed by atoms with Crippen LogP contribution in [0, 0.1) is 0 Å². The zero-order valence-corrected chi connectivity index (χ0v) is 10.4. The van der Waals surface area contributed by atoms with Gasteiger partial charge in [-0.3, -0.25) is 0 Å². The lowest BCUT2D eigenvalue weighted by Crippen LogP contribution is -2.29. The van der Waals surface area contributed by atoms with E-state index in [-0.39, 0.29) is 12.9 Å². The fourth-order valence-electron chi connectivity index (χ4n) is 1.77. The largest absolute Gasteiger partial charge is 0.454 e. The summed E-state index contributed by atoms with van der Waals surface area (Å²) in [5, 5.41) is 22.4. The van der Waals surface area contributed by atoms with Gasteiger partial charge in [-0.1, -0.05) is 13.0 Å². The van der Waals surface area contributed by atoms with Gasteiger partial charge < -0.3 is 25.0 Å². The van der Waals surface area contributed by atoms with Gasteiger partial charge in [0.15, 0.2) is 11.5 Å². The highest BCUT2D eigenvalue weighted by molar-refractivity contribution is 5.45. The number of ether oxygens (including phenoxy) is 2. The molecule has 0 saturated heterocycles. The van der Waals surface area contributed by atoms with Crippen LogP contribution in [-0.4, -0.2) is 36.2 Å². The summed E-state index contributed by atoms with van der Waals surface area (Å²) >= 11 is 0. The number of rotatable bonds is 6. The van der Waals surface area contributed by atoms with Crippen molar-refractivity contribution < 1.29 is 19.7 Å². The third-order valence-corrected chi connectivity index (χ3v) is 2.97. The highest BCUT2D eigenvalue weighted by atomic mass is 16.7. The second-order valence-electron chi connectivity index (χ2n) is 4.35. The molecule has 3 N–H and O–H groups in total. The topological polar surface area (TPSA) is 71.0 Å². The predicted molar refractivity (Wildman–Crippen MR) is 66.7 cm³/mol. The normalized spacial score (nSPS) is 16.6. The van der Waals surface area contributed by atoms with E-state index in [1.165, 1.54) is 0 Å². The Labute approximate surface area is 106 Å². The van der Waals surface area contributed by atoms with Crippen LogP contribution in [-0.2, 0) is 0 Å². The van der Waals surface area contributed by atoms with Crippen LogP contribution in [0.15, 0.2) is 18.2 Å². The Morgan fingerprint density at radius 3 is 2.78 bits per heavy atom. The maximum Gasteiger partial charge on any atom is 0.231 e. The molecular formula is C13H19NO4. The van der Waals surface area contributed by atoms with Crippen LogP contribution in [0.5, 0.6) is 11.5 Å². The van der Waals surface area contributed by atoms with Crippen molar-refractivity contribution in [2.75, 3.05) is 19.9 Å². The minimum Gasteiger partial charge on any atom is -0.454 e. The molecule has 5 nitrogen and oxygen atoms in total. The first kappa shape index (κ1) is 13.1. The molecule has 1 aromatic rings. The second-order valence-corrected chi connectivity index (χ2v) is 4.35. The molecule has 0 aliphatic carbocycles. The third kappa shape index (κ3) is 3.13. The molecule has 5 heteroatoms. The molecule has 1 aliphatic heterocycles. The van der Waals surface area contributed by atoms with Crippen molar-refractivity contribution in [2.24, 2.45) is 0 Å². The van der Waals surface area contributed by atoms with Gasteiger partial charge >= 0.3 is 0 Å². The van der Waals surface area contributed by atoms with Crippen LogP contribution in [0.3, 0.4) is 0 Å². The first-order chi connectivity index (χ1) is 8.70. The highest BCUT2D eigenvalue weighted by Gasteiger charge is 2.16. The first-order valence-corrected chi connectivity index (χ1v) is 6.17. The smallest absolute Gasteiger partial charge is 0.231 e. The van der Waals surface area contributed by atoms with E-state index in [0.29, 0.717) is 31.0 Å². The molecule has 0 fully saturated rings. The number of aliphatic hydroxyl groups is 2. The number of nitrogens with one attached hydrogen (secondary N) is 1. The summed E-state index contributed by atoms with van der Waals surface area (Å²) in [6.45, 7) is 3.03. The van der Waals surface area contributed by atoms with Crippen molar-refractivity contribution in [3.05, 3.63) is 23.8 Å². The molecule has 2 unspecified atom stereocenters. The van der Waals surface area contributed by atoms with Crippen molar-refractivity contribution in [3.8, 4) is 11.5 Å². The van der Waals surface area contributed by atoms with Gasteiger partial charge in [0.25, 0.3) is 0 Å². The summed E-state index contributed by atoms with van der Waals surface area (Å²) in [4.78, 5) is 0. The summed E-state index contributed by atoms with van der Waals surface area (Å²) in [6, 6.07) is 5.39. The highest BCUT2D eigenvalue weighted by Crippen LogP contribution is 2.33. The summed E-state index contributed by atoms with van der Waals surface area (Å²) < 4.78 is 10.5. The zero-order valence-electron chi connectivity index (χ0n) is 10.4. The lowest BCUT2D eigenvalue weighted by Gasteiger charge is -2.14. The van der Waals surface area contributed by atoms with Crippen molar-refractivity contribution in [2.45, 2.75) is 25.6 Å². The van der Waals surface area contributed by atoms with E-state index in [1.807, 2.05) is 13.0 Å². The van der Waals surface area contributed by atoms with Crippen LogP contribution < -0.4 is 14.8 Å². The van der Waals surface area contributed by atoms with Crippen LogP contribution in [0.25, 0.3) is 0 Å². The number of hydrogen-bond donors (Lipinski definition) is 3. The van der Waals surface area contributed by atoms with E-state index in [1.54, 1.807) is 12.1 Å². The Morgan fingerprint density at radius 2 is 2.00 bits per heavy atom. The van der Waals surface area contributed by atoms with Gasteiger partial charge in [0.2, 0.25) is 6.79 Å². The molecule has 0 spiro atoms. The second kappa shape index (κ2) is 6.04. The molecule has 18 heavy (non-hydrogen) atoms. The standard InChI is InChI=1S/C13H19NO4/c1-2-10(15)6-14-7-11(16)9-3-4-12-13(5-9)18-8-17-12/h3-5,10-11,14-16H,2,6-8H2,1H3. The minimum absolute atomic E-state index is 0.232. The number of benzene rings is 1. The Bertz CT molecular complexity index is 397. The quantitative estimate of drug-likeness (QED) is 0.700. The van der Waals surface area contributed by atoms with E-state index in [4.69, 9.17) is 9.47 Å². The zero-order chi connectivity index (χ0) is 13.0. The molecule has 0 aromatic heterocycles. The Hall–Kier alpha value is -1.30. The van der Waals surface area contributed by atoms with Gasteiger partial charge in [-0.2, -0.15) is 0 Å². The molecule has 0 bridgehead atoms. The Kier molecular flexibility index (Phi) is 4.41. The molecule has 0 saturated carbocycles. The van der Waals surface area contributed by atoms with E-state index < -0.39 is 6.10 Å². The van der Waals surface area contributed by atoms with Gasteiger partial charge in [-0.05, 0) is 24.1 Å². The third-order valence-electron chi connectivity index (χ3n) is 2.97. The SMILES string of the molecule is CCC(O)CNCC(O)c1ccc2c(c1)OCO2. The average molecular weight is 253 g/mol. The Morgan fingerprint density at radius 1 is 1.22 bits per heavy atom. The van der Waals surface area contributed by atoms with Gasteiger partial charge in [-0.25, -0.2) is 0 Å². The molecular weight excluding hydrogens is 234 g/mol. The Balaban J connectivity index is 1.87. The molecule has 1 heterocycles. The monoisotopic (exact) mass is 253 g/mol. The number of hydrogen-bond acceptors (Lipinski definition) is 5. The van der Waals surface area contributed by atoms with Gasteiger partial charge in [-0.15, -0.1) is 0 Å². The molecule has 1 aromatic carbocycles. The lowest BCUT2D eigenvalue weighted by atomic mass is 10.1. The van der Waals surface area contributed by atoms with Crippen molar-refractivity contribution in [1.29, 1.82) is 0 Å². The van der Waals surface area contributed by atoms with Gasteiger partial charge in [0.1, 0.15) is 0 Å². The minimum atomic E-state index is -0.622. The summed E-state index contributed by atoms with van der Waals surface area (Å²) in [5.41, 5.74) is 0.776. The van der Waals surface area contributed by atoms with Crippen molar-refractivity contribution in [1.82, 2.24) is 5.32 Å². The molecule has 2 rings (SSSR count). The number of fused-ring (bicyclic) bond motifs is 1. The predicted octanol–water partition coefficient (Wildman–Crippen LogP) is 0.809. The van der Waals surface area contributed by atoms with E-state index in [0.717, 1.165) is 5.56 Å². The van der Waals surface area contributed by atoms with Crippen LogP contribution in [0.1, 0.15) is 25.0 Å². The molecule has 0 amide bonds. The first-order valence-electron chi connectivity index (χ1n) is 6.17. The van der Waals surface area contributed by atoms with Crippen molar-refractivity contribution >= 4 is 0 Å². The summed E-state index contributed by atoms with van der Waals surface area (Å²) in [7, 11) is 0.